The van der Waals surface area contributed by atoms with Gasteiger partial charge in [0.2, 0.25) is 0 Å². The minimum absolute atomic E-state index is 0.0486. The van der Waals surface area contributed by atoms with E-state index < -0.39 is 5.91 Å². The highest BCUT2D eigenvalue weighted by atomic mass is 16.5. The summed E-state index contributed by atoms with van der Waals surface area (Å²) in [5.74, 6) is 0.0943. The smallest absolute Gasteiger partial charge is 0.291 e. The highest BCUT2D eigenvalue weighted by Crippen LogP contribution is 2.22. The number of methoxy groups -OCH3 is 2. The highest BCUT2D eigenvalue weighted by molar-refractivity contribution is 6.12. The van der Waals surface area contributed by atoms with Crippen LogP contribution in [0.3, 0.4) is 0 Å². The van der Waals surface area contributed by atoms with Crippen LogP contribution in [-0.4, -0.2) is 86.8 Å². The van der Waals surface area contributed by atoms with Crippen molar-refractivity contribution in [1.29, 1.82) is 5.41 Å². The van der Waals surface area contributed by atoms with Crippen LogP contribution in [0.25, 0.3) is 11.3 Å². The molecule has 1 amide bonds. The third kappa shape index (κ3) is 9.23. The van der Waals surface area contributed by atoms with E-state index in [1.54, 1.807) is 67.8 Å². The first-order chi connectivity index (χ1) is 18.6. The first kappa shape index (κ1) is 28.7. The molecule has 12 nitrogen and oxygen atoms in total. The van der Waals surface area contributed by atoms with Gasteiger partial charge in [-0.3, -0.25) is 19.9 Å². The molecule has 0 aliphatic carbocycles. The number of rotatable bonds is 18. The van der Waals surface area contributed by atoms with Crippen LogP contribution in [0.2, 0.25) is 0 Å². The molecule has 0 saturated carbocycles. The molecule has 38 heavy (non-hydrogen) atoms. The van der Waals surface area contributed by atoms with Crippen LogP contribution in [-0.2, 0) is 25.5 Å². The van der Waals surface area contributed by atoms with E-state index in [0.717, 1.165) is 5.56 Å². The third-order valence-electron chi connectivity index (χ3n) is 5.15. The maximum atomic E-state index is 13.0. The van der Waals surface area contributed by atoms with Crippen molar-refractivity contribution >= 4 is 11.6 Å². The second-order valence-corrected chi connectivity index (χ2v) is 7.92. The molecule has 0 aromatic carbocycles. The molecule has 0 fully saturated rings. The fraction of sp³-hybridized carbons (Fsp3) is 0.385. The van der Waals surface area contributed by atoms with Crippen LogP contribution in [0.1, 0.15) is 16.2 Å². The van der Waals surface area contributed by atoms with E-state index in [-0.39, 0.29) is 17.2 Å². The number of aromatic nitrogens is 3. The molecule has 0 aliphatic rings. The standard InChI is InChI=1S/C26H34N6O6/c1-34-13-15-36-11-9-28-18-22(25(27)21-5-3-4-8-29-21)31-26(33)24-7-6-23(38-24)20-17-30-32(19-20)10-12-37-16-14-35-2/h3-8,17-19,27-28H,9-16H2,1-2H3,(H,31,33)/b22-18+,27-25?. The molecule has 12 heteroatoms. The van der Waals surface area contributed by atoms with Gasteiger partial charge >= 0.3 is 0 Å². The fourth-order valence-electron chi connectivity index (χ4n) is 3.18. The van der Waals surface area contributed by atoms with E-state index in [4.69, 9.17) is 28.8 Å². The third-order valence-corrected chi connectivity index (χ3v) is 5.15. The molecule has 0 spiro atoms. The highest BCUT2D eigenvalue weighted by Gasteiger charge is 2.18. The fourth-order valence-corrected chi connectivity index (χ4v) is 3.18. The monoisotopic (exact) mass is 526 g/mol. The van der Waals surface area contributed by atoms with Crippen molar-refractivity contribution in [1.82, 2.24) is 25.4 Å². The van der Waals surface area contributed by atoms with Gasteiger partial charge in [0.1, 0.15) is 11.5 Å². The van der Waals surface area contributed by atoms with Gasteiger partial charge in [0.25, 0.3) is 5.91 Å². The molecule has 0 aliphatic heterocycles. The van der Waals surface area contributed by atoms with Crippen molar-refractivity contribution in [2.45, 2.75) is 6.54 Å². The topological polar surface area (TPSA) is 146 Å². The van der Waals surface area contributed by atoms with Crippen LogP contribution in [0.15, 0.2) is 65.2 Å². The molecule has 3 aromatic heterocycles. The van der Waals surface area contributed by atoms with Crippen LogP contribution in [0, 0.1) is 5.41 Å². The molecule has 3 heterocycles. The van der Waals surface area contributed by atoms with E-state index in [9.17, 15) is 4.79 Å². The SMILES string of the molecule is COCCOCCN/C=C(/NC(=O)c1ccc(-c2cnn(CCOCCOC)c2)o1)C(=N)c1ccccn1. The average Bonchev–Trinajstić information content (AvgIpc) is 3.62. The van der Waals surface area contributed by atoms with Gasteiger partial charge in [0.15, 0.2) is 5.76 Å². The second-order valence-electron chi connectivity index (χ2n) is 7.92. The van der Waals surface area contributed by atoms with Gasteiger partial charge in [-0.15, -0.1) is 0 Å². The Kier molecular flexibility index (Phi) is 12.2. The zero-order valence-corrected chi connectivity index (χ0v) is 21.6. The number of carbonyl (C=O) groups excluding carboxylic acids is 1. The molecule has 0 radical (unpaired) electrons. The lowest BCUT2D eigenvalue weighted by atomic mass is 10.2. The number of hydrogen-bond acceptors (Lipinski definition) is 10. The van der Waals surface area contributed by atoms with E-state index in [0.29, 0.717) is 64.2 Å². The molecule has 204 valence electrons. The zero-order chi connectivity index (χ0) is 27.0. The number of nitrogens with zero attached hydrogens (tertiary/aromatic N) is 3. The van der Waals surface area contributed by atoms with Gasteiger partial charge < -0.3 is 34.0 Å². The maximum Gasteiger partial charge on any atom is 0.291 e. The Labute approximate surface area is 221 Å². The van der Waals surface area contributed by atoms with Crippen LogP contribution >= 0.6 is 0 Å². The predicted molar refractivity (Wildman–Crippen MR) is 140 cm³/mol. The number of ether oxygens (including phenoxy) is 4. The molecule has 3 rings (SSSR count). The number of allylic oxidation sites excluding steroid dienone is 1. The van der Waals surface area contributed by atoms with Gasteiger partial charge in [0.05, 0.1) is 69.3 Å². The number of carbonyl (C=O) groups is 1. The summed E-state index contributed by atoms with van der Waals surface area (Å²) in [7, 11) is 3.24. The van der Waals surface area contributed by atoms with Crippen molar-refractivity contribution in [3.8, 4) is 11.3 Å². The Balaban J connectivity index is 1.61. The average molecular weight is 527 g/mol. The molecule has 3 aromatic rings. The number of amides is 1. The second kappa shape index (κ2) is 16.1. The Morgan fingerprint density at radius 3 is 2.58 bits per heavy atom. The summed E-state index contributed by atoms with van der Waals surface area (Å²) in [6.07, 6.45) is 6.62. The lowest BCUT2D eigenvalue weighted by Crippen LogP contribution is -2.30. The van der Waals surface area contributed by atoms with Crippen LogP contribution < -0.4 is 10.6 Å². The van der Waals surface area contributed by atoms with Crippen molar-refractivity contribution in [3.63, 3.8) is 0 Å². The molecular formula is C26H34N6O6. The Hall–Kier alpha value is -3.84. The number of hydrogen-bond donors (Lipinski definition) is 3. The first-order valence-electron chi connectivity index (χ1n) is 12.1. The lowest BCUT2D eigenvalue weighted by molar-refractivity contribution is 0.0654. The zero-order valence-electron chi connectivity index (χ0n) is 21.6. The van der Waals surface area contributed by atoms with Crippen LogP contribution in [0.5, 0.6) is 0 Å². The summed E-state index contributed by atoms with van der Waals surface area (Å²) >= 11 is 0. The summed E-state index contributed by atoms with van der Waals surface area (Å²) in [5, 5.41) is 18.7. The van der Waals surface area contributed by atoms with Crippen LogP contribution in [0.4, 0.5) is 0 Å². The van der Waals surface area contributed by atoms with Gasteiger partial charge in [-0.25, -0.2) is 0 Å². The van der Waals surface area contributed by atoms with Crippen molar-refractivity contribution in [2.24, 2.45) is 0 Å². The molecule has 0 bridgehead atoms. The number of furan rings is 1. The predicted octanol–water partition coefficient (Wildman–Crippen LogP) is 2.09. The van der Waals surface area contributed by atoms with Crippen molar-refractivity contribution < 1.29 is 28.2 Å². The summed E-state index contributed by atoms with van der Waals surface area (Å²) in [4.78, 5) is 17.2. The largest absolute Gasteiger partial charge is 0.451 e. The molecular weight excluding hydrogens is 492 g/mol. The quantitative estimate of drug-likeness (QED) is 0.167. The summed E-state index contributed by atoms with van der Waals surface area (Å²) in [6, 6.07) is 8.51. The van der Waals surface area contributed by atoms with E-state index >= 15 is 0 Å². The van der Waals surface area contributed by atoms with Crippen molar-refractivity contribution in [3.05, 3.63) is 72.3 Å². The number of pyridine rings is 1. The van der Waals surface area contributed by atoms with Gasteiger partial charge in [0, 0.05) is 39.4 Å². The normalized spacial score (nSPS) is 11.5. The minimum Gasteiger partial charge on any atom is -0.451 e. The summed E-state index contributed by atoms with van der Waals surface area (Å²) in [6.45, 7) is 4.05. The van der Waals surface area contributed by atoms with Gasteiger partial charge in [-0.2, -0.15) is 5.10 Å². The van der Waals surface area contributed by atoms with E-state index in [1.165, 1.54) is 0 Å². The molecule has 0 unspecified atom stereocenters. The molecule has 0 atom stereocenters. The molecule has 0 saturated heterocycles. The van der Waals surface area contributed by atoms with Gasteiger partial charge in [-0.05, 0) is 24.3 Å². The Morgan fingerprint density at radius 2 is 1.84 bits per heavy atom. The molecule has 3 N–H and O–H groups in total. The Bertz CT molecular complexity index is 1160. The van der Waals surface area contributed by atoms with Gasteiger partial charge in [-0.1, -0.05) is 6.07 Å². The lowest BCUT2D eigenvalue weighted by Gasteiger charge is -2.11. The first-order valence-corrected chi connectivity index (χ1v) is 12.1. The minimum atomic E-state index is -0.500. The number of nitrogens with one attached hydrogen (secondary N) is 3. The summed E-state index contributed by atoms with van der Waals surface area (Å²) in [5.41, 5.74) is 1.43. The van der Waals surface area contributed by atoms with E-state index in [1.807, 2.05) is 6.20 Å². The Morgan fingerprint density at radius 1 is 1.05 bits per heavy atom. The summed E-state index contributed by atoms with van der Waals surface area (Å²) < 4.78 is 28.3. The van der Waals surface area contributed by atoms with Crippen molar-refractivity contribution in [2.75, 3.05) is 60.4 Å². The maximum absolute atomic E-state index is 13.0. The van der Waals surface area contributed by atoms with E-state index in [2.05, 4.69) is 20.7 Å².